The summed E-state index contributed by atoms with van der Waals surface area (Å²) in [5, 5.41) is 14.0. The number of aromatic nitrogens is 2. The summed E-state index contributed by atoms with van der Waals surface area (Å²) < 4.78 is 1.77. The highest BCUT2D eigenvalue weighted by Crippen LogP contribution is 2.36. The van der Waals surface area contributed by atoms with Crippen LogP contribution in [0.4, 0.5) is 5.82 Å². The van der Waals surface area contributed by atoms with Crippen molar-refractivity contribution in [2.45, 2.75) is 45.1 Å². The first-order chi connectivity index (χ1) is 10.2. The molecule has 0 amide bonds. The van der Waals surface area contributed by atoms with Crippen LogP contribution in [0.15, 0.2) is 24.3 Å². The Labute approximate surface area is 125 Å². The summed E-state index contributed by atoms with van der Waals surface area (Å²) in [6.45, 7) is 2.69. The second kappa shape index (κ2) is 5.61. The van der Waals surface area contributed by atoms with Gasteiger partial charge in [0.05, 0.1) is 12.2 Å². The molecular formula is C17H20N4. The predicted octanol–water partition coefficient (Wildman–Crippen LogP) is 3.35. The molecule has 0 bridgehead atoms. The lowest BCUT2D eigenvalue weighted by molar-refractivity contribution is 0.632. The first-order valence-electron chi connectivity index (χ1n) is 7.51. The highest BCUT2D eigenvalue weighted by molar-refractivity contribution is 5.53. The van der Waals surface area contributed by atoms with Crippen LogP contribution in [0.3, 0.4) is 0 Å². The molecule has 108 valence electrons. The molecule has 0 spiro atoms. The molecule has 0 atom stereocenters. The maximum absolute atomic E-state index is 9.39. The van der Waals surface area contributed by atoms with Crippen molar-refractivity contribution in [3.8, 4) is 6.07 Å². The summed E-state index contributed by atoms with van der Waals surface area (Å²) in [7, 11) is 0. The normalized spacial score (nSPS) is 15.2. The molecule has 4 heteroatoms. The van der Waals surface area contributed by atoms with E-state index in [1.165, 1.54) is 18.4 Å². The minimum Gasteiger partial charge on any atom is -0.383 e. The van der Waals surface area contributed by atoms with Crippen molar-refractivity contribution in [1.29, 1.82) is 5.26 Å². The van der Waals surface area contributed by atoms with E-state index in [0.29, 0.717) is 23.8 Å². The Morgan fingerprint density at radius 2 is 1.95 bits per heavy atom. The fraction of sp³-hybridized carbons (Fsp3) is 0.412. The minimum absolute atomic E-state index is 0.404. The molecular weight excluding hydrogens is 260 g/mol. The summed E-state index contributed by atoms with van der Waals surface area (Å²) >= 11 is 0. The first-order valence-corrected chi connectivity index (χ1v) is 7.51. The molecule has 0 saturated heterocycles. The van der Waals surface area contributed by atoms with Crippen molar-refractivity contribution >= 4 is 5.82 Å². The van der Waals surface area contributed by atoms with Gasteiger partial charge in [0.15, 0.2) is 0 Å². The van der Waals surface area contributed by atoms with Gasteiger partial charge in [-0.3, -0.25) is 0 Å². The molecule has 1 aliphatic rings. The molecule has 2 N–H and O–H groups in total. The highest BCUT2D eigenvalue weighted by Gasteiger charge is 2.26. The lowest BCUT2D eigenvalue weighted by Crippen LogP contribution is -2.06. The van der Waals surface area contributed by atoms with Crippen LogP contribution in [0, 0.1) is 18.3 Å². The van der Waals surface area contributed by atoms with Gasteiger partial charge in [0.25, 0.3) is 0 Å². The number of nitrogens with zero attached hydrogens (tertiary/aromatic N) is 3. The molecule has 3 rings (SSSR count). The van der Waals surface area contributed by atoms with Gasteiger partial charge in [-0.2, -0.15) is 10.4 Å². The number of rotatable bonds is 3. The van der Waals surface area contributed by atoms with Gasteiger partial charge < -0.3 is 5.73 Å². The van der Waals surface area contributed by atoms with Crippen LogP contribution in [0.1, 0.15) is 54.0 Å². The molecule has 4 nitrogen and oxygen atoms in total. The lowest BCUT2D eigenvalue weighted by Gasteiger charge is -2.05. The number of nitrogens with two attached hydrogens (primary N) is 1. The molecule has 1 aromatic carbocycles. The zero-order chi connectivity index (χ0) is 14.8. The smallest absolute Gasteiger partial charge is 0.140 e. The fourth-order valence-electron chi connectivity index (χ4n) is 3.08. The van der Waals surface area contributed by atoms with E-state index < -0.39 is 0 Å². The van der Waals surface area contributed by atoms with Crippen LogP contribution in [-0.4, -0.2) is 9.78 Å². The van der Waals surface area contributed by atoms with Gasteiger partial charge in [0.2, 0.25) is 0 Å². The summed E-state index contributed by atoms with van der Waals surface area (Å²) in [5.74, 6) is 0.904. The van der Waals surface area contributed by atoms with E-state index in [1.807, 2.05) is 0 Å². The quantitative estimate of drug-likeness (QED) is 0.937. The van der Waals surface area contributed by atoms with E-state index in [4.69, 9.17) is 5.73 Å². The molecule has 1 aromatic heterocycles. The van der Waals surface area contributed by atoms with Crippen LogP contribution in [0.2, 0.25) is 0 Å². The van der Waals surface area contributed by atoms with Gasteiger partial charge in [0, 0.05) is 5.92 Å². The van der Waals surface area contributed by atoms with Crippen LogP contribution in [-0.2, 0) is 6.54 Å². The Kier molecular flexibility index (Phi) is 3.66. The van der Waals surface area contributed by atoms with Crippen molar-refractivity contribution in [3.05, 3.63) is 46.6 Å². The molecule has 1 heterocycles. The minimum atomic E-state index is 0.404. The molecule has 2 aromatic rings. The van der Waals surface area contributed by atoms with Crippen molar-refractivity contribution in [1.82, 2.24) is 9.78 Å². The number of aryl methyl sites for hydroxylation is 1. The Bertz CT molecular complexity index is 670. The maximum Gasteiger partial charge on any atom is 0.140 e. The number of benzene rings is 1. The van der Waals surface area contributed by atoms with Crippen LogP contribution in [0.25, 0.3) is 0 Å². The standard InChI is InChI=1S/C17H20N4/c1-12-6-8-13(9-7-12)11-21-17(19)15(10-18)16(20-21)14-4-2-3-5-14/h6-9,14H,2-5,11,19H2,1H3. The highest BCUT2D eigenvalue weighted by atomic mass is 15.3. The second-order valence-corrected chi connectivity index (χ2v) is 5.88. The number of anilines is 1. The third-order valence-corrected chi connectivity index (χ3v) is 4.33. The fourth-order valence-corrected chi connectivity index (χ4v) is 3.08. The van der Waals surface area contributed by atoms with E-state index in [9.17, 15) is 5.26 Å². The summed E-state index contributed by atoms with van der Waals surface area (Å²) in [6.07, 6.45) is 4.69. The maximum atomic E-state index is 9.39. The molecule has 21 heavy (non-hydrogen) atoms. The van der Waals surface area contributed by atoms with Crippen LogP contribution >= 0.6 is 0 Å². The van der Waals surface area contributed by atoms with Crippen LogP contribution in [0.5, 0.6) is 0 Å². The summed E-state index contributed by atoms with van der Waals surface area (Å²) in [6, 6.07) is 10.6. The van der Waals surface area contributed by atoms with E-state index in [-0.39, 0.29) is 0 Å². The monoisotopic (exact) mass is 280 g/mol. The molecule has 0 radical (unpaired) electrons. The topological polar surface area (TPSA) is 67.6 Å². The van der Waals surface area contributed by atoms with Crippen molar-refractivity contribution in [2.75, 3.05) is 5.73 Å². The van der Waals surface area contributed by atoms with E-state index >= 15 is 0 Å². The first kappa shape index (κ1) is 13.7. The summed E-state index contributed by atoms with van der Waals surface area (Å²) in [4.78, 5) is 0. The molecule has 0 unspecified atom stereocenters. The van der Waals surface area contributed by atoms with Crippen LogP contribution < -0.4 is 5.73 Å². The van der Waals surface area contributed by atoms with Crippen molar-refractivity contribution in [2.24, 2.45) is 0 Å². The molecule has 0 aliphatic heterocycles. The Balaban J connectivity index is 1.92. The van der Waals surface area contributed by atoms with Crippen molar-refractivity contribution in [3.63, 3.8) is 0 Å². The summed E-state index contributed by atoms with van der Waals surface area (Å²) in [5.41, 5.74) is 10.0. The SMILES string of the molecule is Cc1ccc(Cn2nc(C3CCCC3)c(C#N)c2N)cc1. The van der Waals surface area contributed by atoms with Gasteiger partial charge in [-0.05, 0) is 25.3 Å². The van der Waals surface area contributed by atoms with E-state index in [2.05, 4.69) is 42.4 Å². The third kappa shape index (κ3) is 2.64. The van der Waals surface area contributed by atoms with Gasteiger partial charge in [-0.1, -0.05) is 42.7 Å². The van der Waals surface area contributed by atoms with E-state index in [0.717, 1.165) is 24.1 Å². The molecule has 1 fully saturated rings. The number of nitriles is 1. The zero-order valence-corrected chi connectivity index (χ0v) is 12.3. The van der Waals surface area contributed by atoms with Gasteiger partial charge in [0.1, 0.15) is 17.5 Å². The zero-order valence-electron chi connectivity index (χ0n) is 12.3. The Morgan fingerprint density at radius 3 is 2.57 bits per heavy atom. The largest absolute Gasteiger partial charge is 0.383 e. The van der Waals surface area contributed by atoms with E-state index in [1.54, 1.807) is 4.68 Å². The number of hydrogen-bond donors (Lipinski definition) is 1. The average molecular weight is 280 g/mol. The Hall–Kier alpha value is -2.28. The second-order valence-electron chi connectivity index (χ2n) is 5.88. The molecule has 1 saturated carbocycles. The predicted molar refractivity (Wildman–Crippen MR) is 82.8 cm³/mol. The van der Waals surface area contributed by atoms with Crippen molar-refractivity contribution < 1.29 is 0 Å². The molecule has 1 aliphatic carbocycles. The third-order valence-electron chi connectivity index (χ3n) is 4.33. The van der Waals surface area contributed by atoms with Gasteiger partial charge >= 0.3 is 0 Å². The van der Waals surface area contributed by atoms with Gasteiger partial charge in [-0.15, -0.1) is 0 Å². The van der Waals surface area contributed by atoms with Gasteiger partial charge in [-0.25, -0.2) is 4.68 Å². The number of nitrogen functional groups attached to an aromatic ring is 1. The average Bonchev–Trinajstić information content (AvgIpc) is 3.10. The lowest BCUT2D eigenvalue weighted by atomic mass is 10.0. The number of hydrogen-bond acceptors (Lipinski definition) is 3. The Morgan fingerprint density at radius 1 is 1.29 bits per heavy atom.